The van der Waals surface area contributed by atoms with Crippen molar-refractivity contribution in [2.75, 3.05) is 20.2 Å². The number of methoxy groups -OCH3 is 1. The van der Waals surface area contributed by atoms with Gasteiger partial charge in [-0.05, 0) is 43.4 Å². The van der Waals surface area contributed by atoms with Crippen LogP contribution < -0.4 is 10.5 Å². The van der Waals surface area contributed by atoms with E-state index in [-0.39, 0.29) is 5.54 Å². The number of likely N-dealkylation sites (tertiary alicyclic amines) is 1. The number of ether oxygens (including phenoxy) is 1. The maximum absolute atomic E-state index is 6.17. The van der Waals surface area contributed by atoms with Gasteiger partial charge < -0.3 is 10.5 Å². The predicted molar refractivity (Wildman–Crippen MR) is 79.5 cm³/mol. The van der Waals surface area contributed by atoms with E-state index in [0.717, 1.165) is 44.6 Å². The number of nitrogens with two attached hydrogens (primary N) is 1. The largest absolute Gasteiger partial charge is 0.496 e. The van der Waals surface area contributed by atoms with Gasteiger partial charge in [0.15, 0.2) is 0 Å². The highest BCUT2D eigenvalue weighted by molar-refractivity contribution is 5.37. The number of aryl methyl sites for hydroxylation is 1. The first-order valence-corrected chi connectivity index (χ1v) is 7.21. The molecule has 0 atom stereocenters. The molecule has 1 aromatic rings. The van der Waals surface area contributed by atoms with E-state index in [0.29, 0.717) is 0 Å². The summed E-state index contributed by atoms with van der Waals surface area (Å²) in [4.78, 5) is 2.50. The lowest BCUT2D eigenvalue weighted by atomic mass is 9.91. The molecule has 19 heavy (non-hydrogen) atoms. The fraction of sp³-hybridized carbons (Fsp3) is 0.625. The van der Waals surface area contributed by atoms with Crippen molar-refractivity contribution in [3.63, 3.8) is 0 Å². The molecule has 0 aliphatic carbocycles. The molecular formula is C16H26N2O. The third-order valence-corrected chi connectivity index (χ3v) is 4.13. The topological polar surface area (TPSA) is 38.5 Å². The minimum atomic E-state index is 0.0327. The van der Waals surface area contributed by atoms with Crippen LogP contribution in [0.25, 0.3) is 0 Å². The Kier molecular flexibility index (Phi) is 4.48. The Morgan fingerprint density at radius 3 is 2.58 bits per heavy atom. The molecule has 1 heterocycles. The number of benzene rings is 1. The van der Waals surface area contributed by atoms with E-state index in [4.69, 9.17) is 10.5 Å². The molecule has 0 amide bonds. The first-order chi connectivity index (χ1) is 9.04. The Balaban J connectivity index is 2.00. The predicted octanol–water partition coefficient (Wildman–Crippen LogP) is 2.57. The summed E-state index contributed by atoms with van der Waals surface area (Å²) in [5, 5.41) is 0. The lowest BCUT2D eigenvalue weighted by Crippen LogP contribution is -2.47. The van der Waals surface area contributed by atoms with Gasteiger partial charge in [0.25, 0.3) is 0 Å². The molecular weight excluding hydrogens is 236 g/mol. The summed E-state index contributed by atoms with van der Waals surface area (Å²) in [6.07, 6.45) is 3.19. The molecule has 2 rings (SSSR count). The smallest absolute Gasteiger partial charge is 0.122 e. The summed E-state index contributed by atoms with van der Waals surface area (Å²) >= 11 is 0. The van der Waals surface area contributed by atoms with Crippen LogP contribution in [0.4, 0.5) is 0 Å². The van der Waals surface area contributed by atoms with Crippen molar-refractivity contribution in [2.24, 2.45) is 5.73 Å². The van der Waals surface area contributed by atoms with Crippen LogP contribution in [-0.2, 0) is 13.0 Å². The standard InChI is InChI=1S/C16H26N2O/c1-4-14-11-13(5-6-15(14)19-3)12-18-9-7-16(2,17)8-10-18/h5-6,11H,4,7-10,12,17H2,1-3H3. The third kappa shape index (κ3) is 3.71. The molecule has 2 N–H and O–H groups in total. The van der Waals surface area contributed by atoms with Crippen molar-refractivity contribution in [1.82, 2.24) is 4.90 Å². The highest BCUT2D eigenvalue weighted by Gasteiger charge is 2.25. The Hall–Kier alpha value is -1.06. The maximum atomic E-state index is 6.17. The van der Waals surface area contributed by atoms with Gasteiger partial charge in [-0.25, -0.2) is 0 Å². The monoisotopic (exact) mass is 262 g/mol. The molecule has 0 aromatic heterocycles. The van der Waals surface area contributed by atoms with Crippen molar-refractivity contribution in [3.8, 4) is 5.75 Å². The minimum absolute atomic E-state index is 0.0327. The Bertz CT molecular complexity index is 419. The summed E-state index contributed by atoms with van der Waals surface area (Å²) in [5.41, 5.74) is 8.87. The molecule has 106 valence electrons. The first-order valence-electron chi connectivity index (χ1n) is 7.21. The van der Waals surface area contributed by atoms with Crippen molar-refractivity contribution in [1.29, 1.82) is 0 Å². The molecule has 3 heteroatoms. The summed E-state index contributed by atoms with van der Waals surface area (Å²) in [5.74, 6) is 0.999. The number of hydrogen-bond acceptors (Lipinski definition) is 3. The van der Waals surface area contributed by atoms with Gasteiger partial charge >= 0.3 is 0 Å². The zero-order chi connectivity index (χ0) is 13.9. The van der Waals surface area contributed by atoms with Crippen molar-refractivity contribution < 1.29 is 4.74 Å². The van der Waals surface area contributed by atoms with Crippen LogP contribution in [0.5, 0.6) is 5.75 Å². The summed E-state index contributed by atoms with van der Waals surface area (Å²) in [6.45, 7) is 7.54. The van der Waals surface area contributed by atoms with Crippen molar-refractivity contribution in [3.05, 3.63) is 29.3 Å². The molecule has 1 aliphatic heterocycles. The highest BCUT2D eigenvalue weighted by Crippen LogP contribution is 2.23. The van der Waals surface area contributed by atoms with E-state index < -0.39 is 0 Å². The van der Waals surface area contributed by atoms with E-state index >= 15 is 0 Å². The quantitative estimate of drug-likeness (QED) is 0.906. The van der Waals surface area contributed by atoms with Gasteiger partial charge in [0.1, 0.15) is 5.75 Å². The van der Waals surface area contributed by atoms with Crippen LogP contribution in [-0.4, -0.2) is 30.6 Å². The highest BCUT2D eigenvalue weighted by atomic mass is 16.5. The molecule has 3 nitrogen and oxygen atoms in total. The van der Waals surface area contributed by atoms with Gasteiger partial charge in [0.2, 0.25) is 0 Å². The van der Waals surface area contributed by atoms with E-state index in [1.54, 1.807) is 7.11 Å². The lowest BCUT2D eigenvalue weighted by molar-refractivity contribution is 0.165. The Morgan fingerprint density at radius 1 is 1.32 bits per heavy atom. The fourth-order valence-electron chi connectivity index (χ4n) is 2.69. The molecule has 0 bridgehead atoms. The van der Waals surface area contributed by atoms with Crippen LogP contribution >= 0.6 is 0 Å². The second-order valence-electron chi connectivity index (χ2n) is 5.93. The molecule has 0 radical (unpaired) electrons. The van der Waals surface area contributed by atoms with Crippen LogP contribution in [0.15, 0.2) is 18.2 Å². The van der Waals surface area contributed by atoms with Gasteiger partial charge in [-0.3, -0.25) is 4.90 Å². The average Bonchev–Trinajstić information content (AvgIpc) is 2.41. The minimum Gasteiger partial charge on any atom is -0.496 e. The van der Waals surface area contributed by atoms with Gasteiger partial charge in [0, 0.05) is 25.2 Å². The van der Waals surface area contributed by atoms with Crippen LogP contribution in [0.3, 0.4) is 0 Å². The second kappa shape index (κ2) is 5.93. The summed E-state index contributed by atoms with van der Waals surface area (Å²) < 4.78 is 5.38. The van der Waals surface area contributed by atoms with Crippen molar-refractivity contribution >= 4 is 0 Å². The van der Waals surface area contributed by atoms with Gasteiger partial charge in [-0.15, -0.1) is 0 Å². The van der Waals surface area contributed by atoms with Gasteiger partial charge in [-0.2, -0.15) is 0 Å². The average molecular weight is 262 g/mol. The van der Waals surface area contributed by atoms with Crippen molar-refractivity contribution in [2.45, 2.75) is 45.2 Å². The van der Waals surface area contributed by atoms with Crippen LogP contribution in [0.2, 0.25) is 0 Å². The number of nitrogens with zero attached hydrogens (tertiary/aromatic N) is 1. The van der Waals surface area contributed by atoms with E-state index in [1.165, 1.54) is 11.1 Å². The molecule has 1 fully saturated rings. The van der Waals surface area contributed by atoms with E-state index in [2.05, 4.69) is 36.9 Å². The van der Waals surface area contributed by atoms with Crippen LogP contribution in [0.1, 0.15) is 37.8 Å². The number of piperidine rings is 1. The lowest BCUT2D eigenvalue weighted by Gasteiger charge is -2.36. The molecule has 1 aliphatic rings. The van der Waals surface area contributed by atoms with E-state index in [1.807, 2.05) is 0 Å². The van der Waals surface area contributed by atoms with Gasteiger partial charge in [-0.1, -0.05) is 19.1 Å². The maximum Gasteiger partial charge on any atom is 0.122 e. The van der Waals surface area contributed by atoms with Crippen LogP contribution in [0, 0.1) is 0 Å². The summed E-state index contributed by atoms with van der Waals surface area (Å²) in [7, 11) is 1.74. The summed E-state index contributed by atoms with van der Waals surface area (Å²) in [6, 6.07) is 6.54. The third-order valence-electron chi connectivity index (χ3n) is 4.13. The molecule has 1 saturated heterocycles. The normalized spacial score (nSPS) is 19.4. The Labute approximate surface area is 116 Å². The second-order valence-corrected chi connectivity index (χ2v) is 5.93. The Morgan fingerprint density at radius 2 is 2.00 bits per heavy atom. The number of rotatable bonds is 4. The molecule has 1 aromatic carbocycles. The zero-order valence-electron chi connectivity index (χ0n) is 12.4. The molecule has 0 unspecified atom stereocenters. The number of hydrogen-bond donors (Lipinski definition) is 1. The first kappa shape index (κ1) is 14.4. The van der Waals surface area contributed by atoms with Gasteiger partial charge in [0.05, 0.1) is 7.11 Å². The molecule has 0 spiro atoms. The molecule has 0 saturated carbocycles. The fourth-order valence-corrected chi connectivity index (χ4v) is 2.69. The van der Waals surface area contributed by atoms with E-state index in [9.17, 15) is 0 Å². The SMILES string of the molecule is CCc1cc(CN2CCC(C)(N)CC2)ccc1OC. The zero-order valence-corrected chi connectivity index (χ0v) is 12.4.